The SMILES string of the molecule is COc1cc(OC)c(CC[N+]2(Cl)CCc3ccccc3C2)c(OC)c1. The summed E-state index contributed by atoms with van der Waals surface area (Å²) in [6.07, 6.45) is 1.79. The van der Waals surface area contributed by atoms with Crippen LogP contribution in [0.4, 0.5) is 0 Å². The normalized spacial score (nSPS) is 19.2. The summed E-state index contributed by atoms with van der Waals surface area (Å²) in [6.45, 7) is 2.59. The van der Waals surface area contributed by atoms with Gasteiger partial charge in [-0.15, -0.1) is 0 Å². The zero-order valence-electron chi connectivity index (χ0n) is 15.0. The van der Waals surface area contributed by atoms with E-state index in [-0.39, 0.29) is 0 Å². The van der Waals surface area contributed by atoms with Crippen LogP contribution in [0, 0.1) is 0 Å². The predicted octanol–water partition coefficient (Wildman–Crippen LogP) is 3.98. The van der Waals surface area contributed by atoms with Crippen LogP contribution in [0.15, 0.2) is 36.4 Å². The molecular formula is C20H25ClNO3+. The number of hydrogen-bond donors (Lipinski definition) is 0. The molecule has 0 aromatic heterocycles. The molecule has 0 fully saturated rings. The zero-order chi connectivity index (χ0) is 17.9. The second-order valence-corrected chi connectivity index (χ2v) is 7.13. The van der Waals surface area contributed by atoms with E-state index in [1.165, 1.54) is 11.1 Å². The van der Waals surface area contributed by atoms with Crippen molar-refractivity contribution in [2.24, 2.45) is 0 Å². The summed E-state index contributed by atoms with van der Waals surface area (Å²) in [5.41, 5.74) is 3.79. The van der Waals surface area contributed by atoms with Gasteiger partial charge in [0.1, 0.15) is 23.8 Å². The van der Waals surface area contributed by atoms with Gasteiger partial charge in [0, 0.05) is 36.1 Å². The average molecular weight is 363 g/mol. The smallest absolute Gasteiger partial charge is 0.165 e. The number of methoxy groups -OCH3 is 3. The molecule has 0 bridgehead atoms. The molecule has 3 rings (SSSR count). The number of benzene rings is 2. The summed E-state index contributed by atoms with van der Waals surface area (Å²) >= 11 is 6.93. The Kier molecular flexibility index (Phi) is 5.40. The molecule has 0 saturated carbocycles. The van der Waals surface area contributed by atoms with Crippen molar-refractivity contribution in [1.29, 1.82) is 0 Å². The van der Waals surface area contributed by atoms with E-state index in [9.17, 15) is 0 Å². The van der Waals surface area contributed by atoms with Crippen LogP contribution in [0.3, 0.4) is 0 Å². The highest BCUT2D eigenvalue weighted by atomic mass is 35.5. The summed E-state index contributed by atoms with van der Waals surface area (Å²) in [6, 6.07) is 12.3. The monoisotopic (exact) mass is 362 g/mol. The highest BCUT2D eigenvalue weighted by Gasteiger charge is 2.32. The molecule has 0 radical (unpaired) electrons. The van der Waals surface area contributed by atoms with Crippen LogP contribution in [0.1, 0.15) is 16.7 Å². The summed E-state index contributed by atoms with van der Waals surface area (Å²) < 4.78 is 16.9. The molecule has 1 unspecified atom stereocenters. The Morgan fingerprint density at radius 2 is 1.60 bits per heavy atom. The van der Waals surface area contributed by atoms with Gasteiger partial charge in [-0.25, -0.2) is 4.00 Å². The standard InChI is InChI=1S/C20H25ClNO3/c1-23-17-12-19(24-2)18(20(13-17)25-3)9-11-22(21)10-8-15-6-4-5-7-16(15)14-22/h4-7,12-13H,8-11,14H2,1-3H3/q+1. The summed E-state index contributed by atoms with van der Waals surface area (Å²) in [4.78, 5) is 0. The summed E-state index contributed by atoms with van der Waals surface area (Å²) in [5, 5.41) is 0. The van der Waals surface area contributed by atoms with Gasteiger partial charge in [-0.1, -0.05) is 24.3 Å². The largest absolute Gasteiger partial charge is 0.496 e. The van der Waals surface area contributed by atoms with Gasteiger partial charge < -0.3 is 14.2 Å². The number of hydrogen-bond acceptors (Lipinski definition) is 3. The molecule has 0 spiro atoms. The Balaban J connectivity index is 1.79. The van der Waals surface area contributed by atoms with Crippen LogP contribution >= 0.6 is 11.8 Å². The Hall–Kier alpha value is -1.91. The summed E-state index contributed by atoms with van der Waals surface area (Å²) in [7, 11) is 4.97. The van der Waals surface area contributed by atoms with Gasteiger partial charge in [0.25, 0.3) is 0 Å². The Morgan fingerprint density at radius 3 is 2.20 bits per heavy atom. The van der Waals surface area contributed by atoms with Gasteiger partial charge in [0.2, 0.25) is 0 Å². The molecule has 4 nitrogen and oxygen atoms in total. The lowest BCUT2D eigenvalue weighted by Crippen LogP contribution is -2.44. The maximum Gasteiger partial charge on any atom is 0.165 e. The van der Waals surface area contributed by atoms with Gasteiger partial charge in [-0.05, 0) is 5.56 Å². The fourth-order valence-electron chi connectivity index (χ4n) is 3.49. The number of rotatable bonds is 6. The summed E-state index contributed by atoms with van der Waals surface area (Å²) in [5.74, 6) is 2.27. The first kappa shape index (κ1) is 17.9. The number of halogens is 1. The molecule has 2 aromatic rings. The van der Waals surface area contributed by atoms with Crippen molar-refractivity contribution in [3.63, 3.8) is 0 Å². The molecule has 1 aliphatic rings. The number of fused-ring (bicyclic) bond motifs is 1. The first-order valence-electron chi connectivity index (χ1n) is 8.50. The van der Waals surface area contributed by atoms with Crippen LogP contribution in [0.25, 0.3) is 0 Å². The molecule has 0 amide bonds. The molecule has 1 aliphatic heterocycles. The van der Waals surface area contributed by atoms with E-state index in [0.717, 1.165) is 55.3 Å². The van der Waals surface area contributed by atoms with Crippen LogP contribution < -0.4 is 14.2 Å². The lowest BCUT2D eigenvalue weighted by atomic mass is 9.99. The zero-order valence-corrected chi connectivity index (χ0v) is 15.8. The highest BCUT2D eigenvalue weighted by molar-refractivity contribution is 6.06. The molecule has 0 N–H and O–H groups in total. The lowest BCUT2D eigenvalue weighted by Gasteiger charge is -2.34. The van der Waals surface area contributed by atoms with Crippen LogP contribution in [-0.4, -0.2) is 38.4 Å². The van der Waals surface area contributed by atoms with E-state index in [0.29, 0.717) is 4.00 Å². The van der Waals surface area contributed by atoms with Gasteiger partial charge in [0.15, 0.2) is 11.8 Å². The van der Waals surface area contributed by atoms with Crippen molar-refractivity contribution < 1.29 is 18.2 Å². The third-order valence-corrected chi connectivity index (χ3v) is 5.39. The van der Waals surface area contributed by atoms with E-state index in [1.807, 2.05) is 12.1 Å². The van der Waals surface area contributed by atoms with E-state index < -0.39 is 0 Å². The maximum atomic E-state index is 6.93. The van der Waals surface area contributed by atoms with Crippen LogP contribution in [0.2, 0.25) is 0 Å². The van der Waals surface area contributed by atoms with Crippen LogP contribution in [0.5, 0.6) is 17.2 Å². The van der Waals surface area contributed by atoms with E-state index in [4.69, 9.17) is 26.0 Å². The van der Waals surface area contributed by atoms with Crippen molar-refractivity contribution in [2.75, 3.05) is 34.4 Å². The molecule has 1 heterocycles. The first-order valence-corrected chi connectivity index (χ1v) is 8.84. The second-order valence-electron chi connectivity index (χ2n) is 6.41. The number of ether oxygens (including phenoxy) is 3. The van der Waals surface area contributed by atoms with E-state index in [2.05, 4.69) is 24.3 Å². The topological polar surface area (TPSA) is 27.7 Å². The van der Waals surface area contributed by atoms with Crippen molar-refractivity contribution in [3.8, 4) is 17.2 Å². The molecule has 2 aromatic carbocycles. The lowest BCUT2D eigenvalue weighted by molar-refractivity contribution is -0.831. The highest BCUT2D eigenvalue weighted by Crippen LogP contribution is 2.36. The fraction of sp³-hybridized carbons (Fsp3) is 0.400. The molecular weight excluding hydrogens is 338 g/mol. The van der Waals surface area contributed by atoms with Crippen molar-refractivity contribution in [3.05, 3.63) is 53.1 Å². The minimum atomic E-state index is 0.509. The van der Waals surface area contributed by atoms with Gasteiger partial charge in [-0.3, -0.25) is 0 Å². The first-order chi connectivity index (χ1) is 12.1. The molecule has 1 atom stereocenters. The van der Waals surface area contributed by atoms with Gasteiger partial charge in [0.05, 0.1) is 34.4 Å². The Labute approximate surface area is 154 Å². The second kappa shape index (κ2) is 7.54. The Morgan fingerprint density at radius 1 is 0.960 bits per heavy atom. The van der Waals surface area contributed by atoms with Crippen molar-refractivity contribution >= 4 is 11.8 Å². The average Bonchev–Trinajstić information content (AvgIpc) is 2.65. The molecule has 0 saturated heterocycles. The molecule has 134 valence electrons. The quantitative estimate of drug-likeness (QED) is 0.727. The van der Waals surface area contributed by atoms with Gasteiger partial charge in [-0.2, -0.15) is 0 Å². The third kappa shape index (κ3) is 3.86. The van der Waals surface area contributed by atoms with Gasteiger partial charge >= 0.3 is 0 Å². The van der Waals surface area contributed by atoms with Crippen molar-refractivity contribution in [2.45, 2.75) is 19.4 Å². The number of quaternary nitrogens is 1. The third-order valence-electron chi connectivity index (χ3n) is 4.93. The Bertz CT molecular complexity index is 724. The molecule has 5 heteroatoms. The molecule has 25 heavy (non-hydrogen) atoms. The van der Waals surface area contributed by atoms with E-state index >= 15 is 0 Å². The van der Waals surface area contributed by atoms with E-state index in [1.54, 1.807) is 21.3 Å². The number of nitrogens with zero attached hydrogens (tertiary/aromatic N) is 1. The predicted molar refractivity (Wildman–Crippen MR) is 99.5 cm³/mol. The fourth-order valence-corrected chi connectivity index (χ4v) is 3.79. The maximum absolute atomic E-state index is 6.93. The van der Waals surface area contributed by atoms with Crippen molar-refractivity contribution in [1.82, 2.24) is 0 Å². The minimum absolute atomic E-state index is 0.509. The molecule has 0 aliphatic carbocycles. The minimum Gasteiger partial charge on any atom is -0.496 e. The van der Waals surface area contributed by atoms with Crippen LogP contribution in [-0.2, 0) is 19.4 Å².